The summed E-state index contributed by atoms with van der Waals surface area (Å²) < 4.78 is 5.92. The Morgan fingerprint density at radius 3 is 2.86 bits per heavy atom. The van der Waals surface area contributed by atoms with Crippen LogP contribution in [0.4, 0.5) is 11.6 Å². The molecule has 1 unspecified atom stereocenters. The van der Waals surface area contributed by atoms with E-state index in [4.69, 9.17) is 0 Å². The molecule has 144 valence electrons. The van der Waals surface area contributed by atoms with Crippen molar-refractivity contribution >= 4 is 17.5 Å². The second-order valence-corrected chi connectivity index (χ2v) is 6.47. The molecule has 4 rings (SSSR count). The molecule has 0 aliphatic carbocycles. The average Bonchev–Trinajstić information content (AvgIpc) is 3.39. The maximum absolute atomic E-state index is 12.5. The number of amides is 1. The first-order chi connectivity index (χ1) is 13.6. The zero-order chi connectivity index (χ0) is 19.7. The quantitative estimate of drug-likeness (QED) is 0.694. The summed E-state index contributed by atoms with van der Waals surface area (Å²) in [6.07, 6.45) is 7.75. The van der Waals surface area contributed by atoms with Crippen molar-refractivity contribution in [1.82, 2.24) is 19.7 Å². The molecule has 1 aliphatic rings. The molecule has 1 amide bonds. The third-order valence-corrected chi connectivity index (χ3v) is 4.75. The molecule has 1 aliphatic heterocycles. The highest BCUT2D eigenvalue weighted by Gasteiger charge is 2.31. The standard InChI is InChI=1S/C18H18N6O4/c1-23-17(27)15(25)14(16(26)21-12-9-20-28-10-12)22-18(23)24-8-2-3-13(24)11-4-6-19-7-5-11/h4-7,9-10,13,25H,2-3,8H2,1H3,(H,21,26). The van der Waals surface area contributed by atoms with Crippen LogP contribution in [-0.2, 0) is 7.05 Å². The van der Waals surface area contributed by atoms with E-state index in [0.29, 0.717) is 18.2 Å². The smallest absolute Gasteiger partial charge is 0.297 e. The Kier molecular flexibility index (Phi) is 4.52. The van der Waals surface area contributed by atoms with Gasteiger partial charge in [0, 0.05) is 26.0 Å². The van der Waals surface area contributed by atoms with Crippen molar-refractivity contribution in [2.45, 2.75) is 18.9 Å². The lowest BCUT2D eigenvalue weighted by Crippen LogP contribution is -2.33. The first-order valence-corrected chi connectivity index (χ1v) is 8.73. The summed E-state index contributed by atoms with van der Waals surface area (Å²) in [5, 5.41) is 16.2. The van der Waals surface area contributed by atoms with Crippen LogP contribution in [0.15, 0.2) is 46.3 Å². The van der Waals surface area contributed by atoms with E-state index in [1.165, 1.54) is 24.1 Å². The second-order valence-electron chi connectivity index (χ2n) is 6.47. The second kappa shape index (κ2) is 7.14. The normalized spacial score (nSPS) is 16.3. The Morgan fingerprint density at radius 2 is 2.14 bits per heavy atom. The van der Waals surface area contributed by atoms with Gasteiger partial charge in [-0.1, -0.05) is 5.16 Å². The highest BCUT2D eigenvalue weighted by atomic mass is 16.5. The maximum Gasteiger partial charge on any atom is 0.297 e. The van der Waals surface area contributed by atoms with Crippen molar-refractivity contribution in [2.24, 2.45) is 7.05 Å². The lowest BCUT2D eigenvalue weighted by Gasteiger charge is -2.27. The van der Waals surface area contributed by atoms with Crippen LogP contribution in [0.1, 0.15) is 34.9 Å². The molecule has 0 aromatic carbocycles. The van der Waals surface area contributed by atoms with E-state index in [1.54, 1.807) is 12.4 Å². The minimum atomic E-state index is -0.723. The molecule has 2 N–H and O–H groups in total. The van der Waals surface area contributed by atoms with E-state index in [1.807, 2.05) is 17.0 Å². The molecule has 4 heterocycles. The first kappa shape index (κ1) is 17.7. The molecule has 3 aromatic heterocycles. The summed E-state index contributed by atoms with van der Waals surface area (Å²) in [6.45, 7) is 0.671. The summed E-state index contributed by atoms with van der Waals surface area (Å²) in [5.74, 6) is -1.11. The Labute approximate surface area is 159 Å². The van der Waals surface area contributed by atoms with E-state index < -0.39 is 17.2 Å². The molecule has 0 saturated carbocycles. The van der Waals surface area contributed by atoms with Crippen molar-refractivity contribution < 1.29 is 14.4 Å². The van der Waals surface area contributed by atoms with Crippen LogP contribution in [0, 0.1) is 0 Å². The summed E-state index contributed by atoms with van der Waals surface area (Å²) in [5.41, 5.74) is 0.301. The van der Waals surface area contributed by atoms with Crippen molar-refractivity contribution in [3.05, 3.63) is 58.6 Å². The fraction of sp³-hybridized carbons (Fsp3) is 0.278. The molecular weight excluding hydrogens is 364 g/mol. The number of carbonyl (C=O) groups excluding carboxylic acids is 1. The molecule has 1 atom stereocenters. The van der Waals surface area contributed by atoms with Crippen LogP contribution in [-0.4, -0.2) is 37.3 Å². The number of pyridine rings is 1. The van der Waals surface area contributed by atoms with Gasteiger partial charge in [0.2, 0.25) is 11.7 Å². The Bertz CT molecular complexity index is 1050. The van der Waals surface area contributed by atoms with Gasteiger partial charge in [0.15, 0.2) is 5.69 Å². The van der Waals surface area contributed by atoms with Gasteiger partial charge in [0.25, 0.3) is 11.5 Å². The summed E-state index contributed by atoms with van der Waals surface area (Å²) >= 11 is 0. The Hall–Kier alpha value is -3.69. The summed E-state index contributed by atoms with van der Waals surface area (Å²) in [4.78, 5) is 35.4. The molecule has 28 heavy (non-hydrogen) atoms. The van der Waals surface area contributed by atoms with Gasteiger partial charge in [-0.05, 0) is 30.5 Å². The molecule has 0 bridgehead atoms. The van der Waals surface area contributed by atoms with Crippen LogP contribution in [0.3, 0.4) is 0 Å². The SMILES string of the molecule is Cn1c(N2CCCC2c2ccncc2)nc(C(=O)Nc2cnoc2)c(O)c1=O. The van der Waals surface area contributed by atoms with E-state index in [2.05, 4.69) is 25.0 Å². The van der Waals surface area contributed by atoms with E-state index in [-0.39, 0.29) is 11.7 Å². The predicted octanol–water partition coefficient (Wildman–Crippen LogP) is 1.46. The highest BCUT2D eigenvalue weighted by molar-refractivity contribution is 6.04. The summed E-state index contributed by atoms with van der Waals surface area (Å²) in [7, 11) is 1.52. The van der Waals surface area contributed by atoms with E-state index in [9.17, 15) is 14.7 Å². The van der Waals surface area contributed by atoms with Gasteiger partial charge in [-0.2, -0.15) is 0 Å². The number of rotatable bonds is 4. The Balaban J connectivity index is 1.74. The molecular formula is C18H18N6O4. The molecule has 10 nitrogen and oxygen atoms in total. The zero-order valence-corrected chi connectivity index (χ0v) is 15.1. The number of anilines is 2. The number of nitrogens with zero attached hydrogens (tertiary/aromatic N) is 5. The predicted molar refractivity (Wildman–Crippen MR) is 99.2 cm³/mol. The highest BCUT2D eigenvalue weighted by Crippen LogP contribution is 2.35. The van der Waals surface area contributed by atoms with Crippen LogP contribution in [0.2, 0.25) is 0 Å². The van der Waals surface area contributed by atoms with Crippen LogP contribution in [0.5, 0.6) is 5.75 Å². The number of aromatic hydroxyl groups is 1. The lowest BCUT2D eigenvalue weighted by molar-refractivity contribution is 0.101. The van der Waals surface area contributed by atoms with Crippen molar-refractivity contribution in [1.29, 1.82) is 0 Å². The molecule has 1 saturated heterocycles. The number of carbonyl (C=O) groups is 1. The van der Waals surface area contributed by atoms with Gasteiger partial charge in [0.05, 0.1) is 12.2 Å². The van der Waals surface area contributed by atoms with Crippen LogP contribution in [0.25, 0.3) is 0 Å². The van der Waals surface area contributed by atoms with Crippen molar-refractivity contribution in [2.75, 3.05) is 16.8 Å². The molecule has 3 aromatic rings. The number of hydrogen-bond donors (Lipinski definition) is 2. The number of hydrogen-bond acceptors (Lipinski definition) is 8. The fourth-order valence-corrected chi connectivity index (χ4v) is 3.39. The van der Waals surface area contributed by atoms with Crippen molar-refractivity contribution in [3.63, 3.8) is 0 Å². The minimum absolute atomic E-state index is 0.000345. The monoisotopic (exact) mass is 382 g/mol. The third-order valence-electron chi connectivity index (χ3n) is 4.75. The van der Waals surface area contributed by atoms with Crippen LogP contribution >= 0.6 is 0 Å². The molecule has 10 heteroatoms. The third kappa shape index (κ3) is 3.08. The van der Waals surface area contributed by atoms with Gasteiger partial charge in [0.1, 0.15) is 12.0 Å². The van der Waals surface area contributed by atoms with Gasteiger partial charge < -0.3 is 19.8 Å². The maximum atomic E-state index is 12.5. The van der Waals surface area contributed by atoms with E-state index in [0.717, 1.165) is 18.4 Å². The van der Waals surface area contributed by atoms with Crippen LogP contribution < -0.4 is 15.8 Å². The molecule has 0 radical (unpaired) electrons. The zero-order valence-electron chi connectivity index (χ0n) is 15.1. The minimum Gasteiger partial charge on any atom is -0.501 e. The Morgan fingerprint density at radius 1 is 1.36 bits per heavy atom. The van der Waals surface area contributed by atoms with Gasteiger partial charge in [-0.15, -0.1) is 0 Å². The largest absolute Gasteiger partial charge is 0.501 e. The lowest BCUT2D eigenvalue weighted by atomic mass is 10.1. The summed E-state index contributed by atoms with van der Waals surface area (Å²) in [6, 6.07) is 3.84. The molecule has 0 spiro atoms. The van der Waals surface area contributed by atoms with E-state index >= 15 is 0 Å². The van der Waals surface area contributed by atoms with Gasteiger partial charge >= 0.3 is 0 Å². The fourth-order valence-electron chi connectivity index (χ4n) is 3.39. The first-order valence-electron chi connectivity index (χ1n) is 8.73. The number of nitrogens with one attached hydrogen (secondary N) is 1. The molecule has 1 fully saturated rings. The van der Waals surface area contributed by atoms with Gasteiger partial charge in [-0.25, -0.2) is 4.98 Å². The van der Waals surface area contributed by atoms with Crippen molar-refractivity contribution in [3.8, 4) is 5.75 Å². The average molecular weight is 382 g/mol. The number of aromatic nitrogens is 4. The topological polar surface area (TPSA) is 126 Å². The van der Waals surface area contributed by atoms with Gasteiger partial charge in [-0.3, -0.25) is 19.1 Å².